The Hall–Kier alpha value is -1.32. The molecular weight excluding hydrogens is 238 g/mol. The van der Waals surface area contributed by atoms with Gasteiger partial charge in [-0.1, -0.05) is 25.1 Å². The van der Waals surface area contributed by atoms with Gasteiger partial charge in [0.1, 0.15) is 5.60 Å². The first-order valence-corrected chi connectivity index (χ1v) is 7.07. The Morgan fingerprint density at radius 1 is 1.42 bits per heavy atom. The minimum absolute atomic E-state index is 0.154. The molecule has 2 N–H and O–H groups in total. The lowest BCUT2D eigenvalue weighted by Crippen LogP contribution is -2.36. The van der Waals surface area contributed by atoms with Crippen LogP contribution in [-0.4, -0.2) is 23.3 Å². The van der Waals surface area contributed by atoms with E-state index in [1.165, 1.54) is 27.7 Å². The first kappa shape index (κ1) is 12.7. The van der Waals surface area contributed by atoms with Crippen LogP contribution >= 0.6 is 0 Å². The molecule has 2 heterocycles. The fourth-order valence-electron chi connectivity index (χ4n) is 3.32. The molecule has 1 aromatic carbocycles. The van der Waals surface area contributed by atoms with Gasteiger partial charge in [-0.3, -0.25) is 0 Å². The first-order valence-electron chi connectivity index (χ1n) is 7.07. The monoisotopic (exact) mass is 259 g/mol. The lowest BCUT2D eigenvalue weighted by atomic mass is 9.86. The topological polar surface area (TPSA) is 45.2 Å². The number of aryl methyl sites for hydroxylation is 1. The summed E-state index contributed by atoms with van der Waals surface area (Å²) in [7, 11) is 0. The van der Waals surface area contributed by atoms with Gasteiger partial charge in [-0.15, -0.1) is 0 Å². The molecule has 3 nitrogen and oxygen atoms in total. The van der Waals surface area contributed by atoms with Crippen LogP contribution in [0.2, 0.25) is 0 Å². The van der Waals surface area contributed by atoms with E-state index >= 15 is 0 Å². The molecule has 0 unspecified atom stereocenters. The number of ether oxygens (including phenoxy) is 1. The van der Waals surface area contributed by atoms with Gasteiger partial charge in [-0.25, -0.2) is 0 Å². The van der Waals surface area contributed by atoms with Gasteiger partial charge in [0.2, 0.25) is 0 Å². The van der Waals surface area contributed by atoms with Gasteiger partial charge >= 0.3 is 0 Å². The van der Waals surface area contributed by atoms with Crippen molar-refractivity contribution >= 4 is 10.9 Å². The van der Waals surface area contributed by atoms with E-state index < -0.39 is 0 Å². The summed E-state index contributed by atoms with van der Waals surface area (Å²) in [6.07, 6.45) is 2.49. The Morgan fingerprint density at radius 2 is 2.26 bits per heavy atom. The minimum Gasteiger partial charge on any atom is -0.396 e. The summed E-state index contributed by atoms with van der Waals surface area (Å²) in [4.78, 5) is 3.57. The average molecular weight is 259 g/mol. The predicted molar refractivity (Wildman–Crippen MR) is 76.4 cm³/mol. The van der Waals surface area contributed by atoms with E-state index in [9.17, 15) is 5.11 Å². The Bertz CT molecular complexity index is 602. The zero-order chi connectivity index (χ0) is 13.5. The molecule has 0 bridgehead atoms. The summed E-state index contributed by atoms with van der Waals surface area (Å²) in [6.45, 7) is 5.15. The summed E-state index contributed by atoms with van der Waals surface area (Å²) in [5.74, 6) is 0. The molecular formula is C16H21NO2. The minimum atomic E-state index is -0.339. The largest absolute Gasteiger partial charge is 0.396 e. The van der Waals surface area contributed by atoms with Crippen LogP contribution in [0, 0.1) is 6.92 Å². The number of nitrogens with one attached hydrogen (secondary N) is 1. The SMILES string of the molecule is CC[C@@]1(CCO)OCCc2c1[nH]c1c(C)cccc21. The molecule has 1 aliphatic rings. The molecule has 0 saturated heterocycles. The van der Waals surface area contributed by atoms with Crippen LogP contribution in [-0.2, 0) is 16.8 Å². The average Bonchev–Trinajstić information content (AvgIpc) is 2.81. The maximum absolute atomic E-state index is 9.38. The van der Waals surface area contributed by atoms with Crippen molar-refractivity contribution in [1.82, 2.24) is 4.98 Å². The van der Waals surface area contributed by atoms with Crippen molar-refractivity contribution in [2.75, 3.05) is 13.2 Å². The van der Waals surface area contributed by atoms with Crippen molar-refractivity contribution < 1.29 is 9.84 Å². The van der Waals surface area contributed by atoms with E-state index in [4.69, 9.17) is 4.74 Å². The number of hydrogen-bond acceptors (Lipinski definition) is 2. The number of aromatic nitrogens is 1. The summed E-state index contributed by atoms with van der Waals surface area (Å²) >= 11 is 0. The highest BCUT2D eigenvalue weighted by molar-refractivity contribution is 5.87. The number of H-pyrrole nitrogens is 1. The number of aromatic amines is 1. The maximum Gasteiger partial charge on any atom is 0.110 e. The van der Waals surface area contributed by atoms with Crippen LogP contribution in [0.15, 0.2) is 18.2 Å². The Labute approximate surface area is 113 Å². The predicted octanol–water partition coefficient (Wildman–Crippen LogP) is 3.04. The van der Waals surface area contributed by atoms with Gasteiger partial charge < -0.3 is 14.8 Å². The van der Waals surface area contributed by atoms with Gasteiger partial charge in [0, 0.05) is 23.9 Å². The number of fused-ring (bicyclic) bond motifs is 3. The third-order valence-electron chi connectivity index (χ3n) is 4.42. The molecule has 0 amide bonds. The van der Waals surface area contributed by atoms with E-state index in [-0.39, 0.29) is 12.2 Å². The second kappa shape index (κ2) is 4.66. The Kier molecular flexibility index (Phi) is 3.11. The standard InChI is InChI=1S/C16H21NO2/c1-3-16(8-9-18)15-13(7-10-19-16)12-6-4-5-11(2)14(12)17-15/h4-6,17-18H,3,7-10H2,1-2H3/t16-/m0/s1. The fourth-order valence-corrected chi connectivity index (χ4v) is 3.32. The fraction of sp³-hybridized carbons (Fsp3) is 0.500. The second-order valence-corrected chi connectivity index (χ2v) is 5.40. The van der Waals surface area contributed by atoms with Crippen molar-refractivity contribution in [1.29, 1.82) is 0 Å². The van der Waals surface area contributed by atoms with E-state index in [0.29, 0.717) is 6.42 Å². The quantitative estimate of drug-likeness (QED) is 0.890. The first-order chi connectivity index (χ1) is 9.22. The van der Waals surface area contributed by atoms with Crippen LogP contribution in [0.1, 0.15) is 36.6 Å². The second-order valence-electron chi connectivity index (χ2n) is 5.40. The molecule has 0 radical (unpaired) electrons. The van der Waals surface area contributed by atoms with Gasteiger partial charge in [0.05, 0.1) is 12.3 Å². The zero-order valence-electron chi connectivity index (χ0n) is 11.6. The molecule has 2 aromatic rings. The highest BCUT2D eigenvalue weighted by Gasteiger charge is 2.38. The van der Waals surface area contributed by atoms with E-state index in [1.54, 1.807) is 0 Å². The smallest absolute Gasteiger partial charge is 0.110 e. The van der Waals surface area contributed by atoms with Crippen LogP contribution < -0.4 is 0 Å². The zero-order valence-corrected chi connectivity index (χ0v) is 11.6. The molecule has 19 heavy (non-hydrogen) atoms. The number of aliphatic hydroxyl groups excluding tert-OH is 1. The molecule has 1 atom stereocenters. The van der Waals surface area contributed by atoms with Gasteiger partial charge in [0.25, 0.3) is 0 Å². The summed E-state index contributed by atoms with van der Waals surface area (Å²) in [5.41, 5.74) is 4.70. The van der Waals surface area contributed by atoms with E-state index in [2.05, 4.69) is 37.0 Å². The van der Waals surface area contributed by atoms with Crippen molar-refractivity contribution in [3.63, 3.8) is 0 Å². The van der Waals surface area contributed by atoms with Crippen molar-refractivity contribution in [2.24, 2.45) is 0 Å². The summed E-state index contributed by atoms with van der Waals surface area (Å²) < 4.78 is 6.06. The lowest BCUT2D eigenvalue weighted by molar-refractivity contribution is -0.0795. The normalized spacial score (nSPS) is 22.7. The van der Waals surface area contributed by atoms with Gasteiger partial charge in [-0.05, 0) is 30.9 Å². The molecule has 0 saturated carbocycles. The highest BCUT2D eigenvalue weighted by atomic mass is 16.5. The molecule has 1 aromatic heterocycles. The number of para-hydroxylation sites is 1. The molecule has 0 aliphatic carbocycles. The number of aliphatic hydroxyl groups is 1. The Balaban J connectivity index is 2.25. The van der Waals surface area contributed by atoms with Crippen molar-refractivity contribution in [3.8, 4) is 0 Å². The van der Waals surface area contributed by atoms with Crippen LogP contribution in [0.5, 0.6) is 0 Å². The number of benzene rings is 1. The van der Waals surface area contributed by atoms with Gasteiger partial charge in [-0.2, -0.15) is 0 Å². The summed E-state index contributed by atoms with van der Waals surface area (Å²) in [6, 6.07) is 6.42. The molecule has 3 heteroatoms. The molecule has 0 fully saturated rings. The van der Waals surface area contributed by atoms with E-state index in [1.807, 2.05) is 0 Å². The van der Waals surface area contributed by atoms with Crippen molar-refractivity contribution in [2.45, 2.75) is 38.7 Å². The van der Waals surface area contributed by atoms with E-state index in [0.717, 1.165) is 19.4 Å². The van der Waals surface area contributed by atoms with Crippen LogP contribution in [0.25, 0.3) is 10.9 Å². The molecule has 102 valence electrons. The number of hydrogen-bond donors (Lipinski definition) is 2. The molecule has 1 aliphatic heterocycles. The van der Waals surface area contributed by atoms with Crippen LogP contribution in [0.3, 0.4) is 0 Å². The highest BCUT2D eigenvalue weighted by Crippen LogP contribution is 2.41. The third-order valence-corrected chi connectivity index (χ3v) is 4.42. The maximum atomic E-state index is 9.38. The third kappa shape index (κ3) is 1.80. The molecule has 0 spiro atoms. The van der Waals surface area contributed by atoms with Gasteiger partial charge in [0.15, 0.2) is 0 Å². The summed E-state index contributed by atoms with van der Waals surface area (Å²) in [5, 5.41) is 10.7. The Morgan fingerprint density at radius 3 is 3.00 bits per heavy atom. The molecule has 3 rings (SSSR count). The lowest BCUT2D eigenvalue weighted by Gasteiger charge is -2.36. The van der Waals surface area contributed by atoms with Crippen molar-refractivity contribution in [3.05, 3.63) is 35.0 Å². The number of rotatable bonds is 3. The van der Waals surface area contributed by atoms with Crippen LogP contribution in [0.4, 0.5) is 0 Å².